The average Bonchev–Trinajstić information content (AvgIpc) is 3.09. The van der Waals surface area contributed by atoms with Crippen molar-refractivity contribution in [2.75, 3.05) is 0 Å². The molecule has 2 aliphatic carbocycles. The van der Waals surface area contributed by atoms with Crippen molar-refractivity contribution < 1.29 is 0 Å². The van der Waals surface area contributed by atoms with E-state index < -0.39 is 0 Å². The average molecular weight is 395 g/mol. The Labute approximate surface area is 169 Å². The second kappa shape index (κ2) is 6.48. The van der Waals surface area contributed by atoms with Crippen molar-refractivity contribution in [2.45, 2.75) is 68.2 Å². The molecule has 2 aromatic heterocycles. The summed E-state index contributed by atoms with van der Waals surface area (Å²) < 4.78 is 3.86. The highest BCUT2D eigenvalue weighted by molar-refractivity contribution is 7.99. The highest BCUT2D eigenvalue weighted by Gasteiger charge is 2.43. The van der Waals surface area contributed by atoms with Crippen LogP contribution in [0.25, 0.3) is 17.0 Å². The first-order chi connectivity index (χ1) is 13.5. The molecule has 1 fully saturated rings. The first-order valence-electron chi connectivity index (χ1n) is 10.3. The fourth-order valence-electron chi connectivity index (χ4n) is 5.18. The predicted octanol–water partition coefficient (Wildman–Crippen LogP) is 4.35. The third-order valence-corrected chi connectivity index (χ3v) is 7.33. The zero-order chi connectivity index (χ0) is 19.5. The van der Waals surface area contributed by atoms with Crippen LogP contribution in [0.3, 0.4) is 0 Å². The molecule has 0 N–H and O–H groups in total. The van der Waals surface area contributed by atoms with Crippen LogP contribution >= 0.6 is 11.8 Å². The number of thioether (sulfide) groups is 1. The van der Waals surface area contributed by atoms with Gasteiger partial charge in [-0.25, -0.2) is 0 Å². The van der Waals surface area contributed by atoms with E-state index in [4.69, 9.17) is 0 Å². The Kier molecular flexibility index (Phi) is 4.16. The van der Waals surface area contributed by atoms with E-state index in [1.807, 2.05) is 7.05 Å². The van der Waals surface area contributed by atoms with Gasteiger partial charge in [0.25, 0.3) is 5.56 Å². The first-order valence-corrected chi connectivity index (χ1v) is 11.1. The van der Waals surface area contributed by atoms with Crippen molar-refractivity contribution >= 4 is 17.5 Å². The van der Waals surface area contributed by atoms with E-state index in [0.29, 0.717) is 11.0 Å². The maximum atomic E-state index is 13.6. The normalized spacial score (nSPS) is 17.9. The molecule has 1 saturated carbocycles. The molecule has 0 aliphatic heterocycles. The van der Waals surface area contributed by atoms with Crippen molar-refractivity contribution in [1.82, 2.24) is 19.2 Å². The van der Waals surface area contributed by atoms with Gasteiger partial charge in [-0.15, -0.1) is 10.2 Å². The molecule has 1 spiro atoms. The molecule has 6 heteroatoms. The van der Waals surface area contributed by atoms with Gasteiger partial charge >= 0.3 is 0 Å². The van der Waals surface area contributed by atoms with Crippen molar-refractivity contribution in [2.24, 2.45) is 7.05 Å². The van der Waals surface area contributed by atoms with Gasteiger partial charge in [0, 0.05) is 28.8 Å². The summed E-state index contributed by atoms with van der Waals surface area (Å²) >= 11 is 1.71. The highest BCUT2D eigenvalue weighted by atomic mass is 32.2. The number of hydrogen-bond donors (Lipinski definition) is 0. The lowest BCUT2D eigenvalue weighted by molar-refractivity contribution is 0.283. The highest BCUT2D eigenvalue weighted by Crippen LogP contribution is 2.49. The lowest BCUT2D eigenvalue weighted by atomic mass is 9.62. The van der Waals surface area contributed by atoms with Gasteiger partial charge in [-0.2, -0.15) is 0 Å². The Bertz CT molecular complexity index is 1120. The van der Waals surface area contributed by atoms with Crippen LogP contribution in [0.1, 0.15) is 57.1 Å². The van der Waals surface area contributed by atoms with Crippen molar-refractivity contribution in [3.63, 3.8) is 0 Å². The summed E-state index contributed by atoms with van der Waals surface area (Å²) in [7, 11) is 1.84. The van der Waals surface area contributed by atoms with Crippen LogP contribution in [-0.4, -0.2) is 24.4 Å². The Morgan fingerprint density at radius 1 is 1.11 bits per heavy atom. The molecule has 5 nitrogen and oxygen atoms in total. The van der Waals surface area contributed by atoms with Crippen LogP contribution in [0, 0.1) is 0 Å². The molecule has 5 rings (SSSR count). The lowest BCUT2D eigenvalue weighted by Crippen LogP contribution is -2.43. The van der Waals surface area contributed by atoms with E-state index >= 15 is 0 Å². The molecule has 0 amide bonds. The zero-order valence-corrected chi connectivity index (χ0v) is 17.6. The standard InChI is InChI=1S/C22H26N4OS/c1-14(2)28-21-24-23-20-25(3)19(27)17-18(26(20)21)16-10-6-5-9-15(16)13-22(17)11-7-4-8-12-22/h5-6,9-10,14H,4,7-8,11-13H2,1-3H3. The summed E-state index contributed by atoms with van der Waals surface area (Å²) in [5.74, 6) is 0.634. The Morgan fingerprint density at radius 3 is 2.61 bits per heavy atom. The first kappa shape index (κ1) is 18.0. The van der Waals surface area contributed by atoms with E-state index in [1.165, 1.54) is 30.4 Å². The van der Waals surface area contributed by atoms with E-state index in [-0.39, 0.29) is 11.0 Å². The van der Waals surface area contributed by atoms with Crippen LogP contribution in [0.5, 0.6) is 0 Å². The van der Waals surface area contributed by atoms with Crippen LogP contribution in [-0.2, 0) is 18.9 Å². The second-order valence-electron chi connectivity index (χ2n) is 8.55. The number of nitrogens with zero attached hydrogens (tertiary/aromatic N) is 4. The molecule has 0 radical (unpaired) electrons. The molecular weight excluding hydrogens is 368 g/mol. The third kappa shape index (κ3) is 2.50. The molecule has 0 atom stereocenters. The van der Waals surface area contributed by atoms with Crippen molar-refractivity contribution in [3.8, 4) is 11.3 Å². The Hall–Kier alpha value is -2.08. The number of aromatic nitrogens is 4. The molecule has 2 heterocycles. The van der Waals surface area contributed by atoms with E-state index in [2.05, 4.69) is 52.7 Å². The topological polar surface area (TPSA) is 52.2 Å². The van der Waals surface area contributed by atoms with E-state index in [1.54, 1.807) is 16.3 Å². The minimum atomic E-state index is -0.0605. The number of fused-ring (bicyclic) bond motifs is 6. The Balaban J connectivity index is 1.93. The maximum absolute atomic E-state index is 13.6. The fourth-order valence-corrected chi connectivity index (χ4v) is 5.97. The van der Waals surface area contributed by atoms with Gasteiger partial charge in [0.15, 0.2) is 5.16 Å². The smallest absolute Gasteiger partial charge is 0.259 e. The molecule has 0 bridgehead atoms. The van der Waals surface area contributed by atoms with Gasteiger partial charge in [-0.3, -0.25) is 13.8 Å². The van der Waals surface area contributed by atoms with Gasteiger partial charge in [-0.05, 0) is 24.8 Å². The molecule has 28 heavy (non-hydrogen) atoms. The van der Waals surface area contributed by atoms with Crippen LogP contribution in [0.2, 0.25) is 0 Å². The summed E-state index contributed by atoms with van der Waals surface area (Å²) in [6.07, 6.45) is 6.79. The minimum Gasteiger partial charge on any atom is -0.280 e. The second-order valence-corrected chi connectivity index (χ2v) is 10.1. The third-order valence-electron chi connectivity index (χ3n) is 6.38. The number of aryl methyl sites for hydroxylation is 1. The maximum Gasteiger partial charge on any atom is 0.259 e. The molecule has 2 aliphatic rings. The summed E-state index contributed by atoms with van der Waals surface area (Å²) in [4.78, 5) is 13.6. The summed E-state index contributed by atoms with van der Waals surface area (Å²) in [6.45, 7) is 4.33. The molecule has 0 unspecified atom stereocenters. The van der Waals surface area contributed by atoms with Gasteiger partial charge in [0.05, 0.1) is 5.69 Å². The van der Waals surface area contributed by atoms with Gasteiger partial charge < -0.3 is 0 Å². The molecule has 1 aromatic carbocycles. The van der Waals surface area contributed by atoms with Gasteiger partial charge in [0.1, 0.15) is 0 Å². The minimum absolute atomic E-state index is 0.0605. The van der Waals surface area contributed by atoms with Crippen LogP contribution < -0.4 is 5.56 Å². The SMILES string of the molecule is CC(C)Sc1nnc2n(C)c(=O)c3c(n12)-c1ccccc1CC31CCCCC1. The molecule has 3 aromatic rings. The number of benzene rings is 1. The summed E-state index contributed by atoms with van der Waals surface area (Å²) in [5, 5.41) is 10.1. The summed E-state index contributed by atoms with van der Waals surface area (Å²) in [5.41, 5.74) is 4.59. The van der Waals surface area contributed by atoms with E-state index in [0.717, 1.165) is 35.7 Å². The zero-order valence-electron chi connectivity index (χ0n) is 16.7. The lowest BCUT2D eigenvalue weighted by Gasteiger charge is -2.42. The number of rotatable bonds is 2. The molecule has 0 saturated heterocycles. The monoisotopic (exact) mass is 394 g/mol. The van der Waals surface area contributed by atoms with E-state index in [9.17, 15) is 4.79 Å². The predicted molar refractivity (Wildman–Crippen MR) is 113 cm³/mol. The molecular formula is C22H26N4OS. The fraction of sp³-hybridized carbons (Fsp3) is 0.500. The van der Waals surface area contributed by atoms with Gasteiger partial charge in [-0.1, -0.05) is 69.1 Å². The number of hydrogen-bond acceptors (Lipinski definition) is 4. The van der Waals surface area contributed by atoms with Crippen LogP contribution in [0.15, 0.2) is 34.2 Å². The van der Waals surface area contributed by atoms with Crippen LogP contribution in [0.4, 0.5) is 0 Å². The van der Waals surface area contributed by atoms with Gasteiger partial charge in [0.2, 0.25) is 5.78 Å². The Morgan fingerprint density at radius 2 is 1.86 bits per heavy atom. The summed E-state index contributed by atoms with van der Waals surface area (Å²) in [6, 6.07) is 8.59. The quantitative estimate of drug-likeness (QED) is 0.606. The van der Waals surface area contributed by atoms with Crippen molar-refractivity contribution in [1.29, 1.82) is 0 Å². The largest absolute Gasteiger partial charge is 0.280 e. The van der Waals surface area contributed by atoms with Crippen molar-refractivity contribution in [3.05, 3.63) is 45.7 Å². The molecule has 146 valence electrons.